The van der Waals surface area contributed by atoms with Gasteiger partial charge in [-0.05, 0) is 117 Å². The highest BCUT2D eigenvalue weighted by atomic mass is 14.2. The lowest BCUT2D eigenvalue weighted by atomic mass is 9.84. The fraction of sp³-hybridized carbons (Fsp3) is 0. The molecule has 50 heavy (non-hydrogen) atoms. The van der Waals surface area contributed by atoms with Crippen LogP contribution in [-0.4, -0.2) is 0 Å². The molecular formula is C50H32. The number of rotatable bonds is 4. The maximum absolute atomic E-state index is 2.44. The van der Waals surface area contributed by atoms with Crippen LogP contribution >= 0.6 is 0 Å². The summed E-state index contributed by atoms with van der Waals surface area (Å²) in [4.78, 5) is 0. The Kier molecular flexibility index (Phi) is 6.60. The van der Waals surface area contributed by atoms with Gasteiger partial charge in [0.1, 0.15) is 0 Å². The topological polar surface area (TPSA) is 0 Å². The summed E-state index contributed by atoms with van der Waals surface area (Å²) in [5, 5.41) is 12.7. The Hall–Kier alpha value is -6.50. The summed E-state index contributed by atoms with van der Waals surface area (Å²) >= 11 is 0. The van der Waals surface area contributed by atoms with E-state index in [9.17, 15) is 0 Å². The van der Waals surface area contributed by atoms with E-state index in [1.54, 1.807) is 0 Å². The molecule has 0 heteroatoms. The molecule has 0 aliphatic carbocycles. The molecule has 0 nitrogen and oxygen atoms in total. The molecule has 0 aliphatic rings. The zero-order valence-electron chi connectivity index (χ0n) is 27.5. The van der Waals surface area contributed by atoms with Gasteiger partial charge in [-0.25, -0.2) is 0 Å². The first-order valence-electron chi connectivity index (χ1n) is 17.3. The Bertz CT molecular complexity index is 2900. The first-order chi connectivity index (χ1) is 24.8. The average molecular weight is 633 g/mol. The van der Waals surface area contributed by atoms with Crippen LogP contribution in [0.25, 0.3) is 98.4 Å². The van der Waals surface area contributed by atoms with Gasteiger partial charge in [-0.3, -0.25) is 0 Å². The van der Waals surface area contributed by atoms with Crippen LogP contribution in [0.3, 0.4) is 0 Å². The van der Waals surface area contributed by atoms with Crippen LogP contribution < -0.4 is 0 Å². The van der Waals surface area contributed by atoms with Crippen molar-refractivity contribution in [2.24, 2.45) is 0 Å². The van der Waals surface area contributed by atoms with E-state index in [4.69, 9.17) is 0 Å². The van der Waals surface area contributed by atoms with Gasteiger partial charge >= 0.3 is 0 Å². The highest BCUT2D eigenvalue weighted by molar-refractivity contribution is 6.22. The van der Waals surface area contributed by atoms with Crippen molar-refractivity contribution in [1.29, 1.82) is 0 Å². The van der Waals surface area contributed by atoms with Gasteiger partial charge in [0, 0.05) is 0 Å². The molecular weight excluding hydrogens is 601 g/mol. The summed E-state index contributed by atoms with van der Waals surface area (Å²) in [6.45, 7) is 0. The summed E-state index contributed by atoms with van der Waals surface area (Å²) in [5.74, 6) is 0. The minimum Gasteiger partial charge on any atom is -0.0622 e. The van der Waals surface area contributed by atoms with Gasteiger partial charge in [0.15, 0.2) is 0 Å². The van der Waals surface area contributed by atoms with Crippen molar-refractivity contribution in [1.82, 2.24) is 0 Å². The van der Waals surface area contributed by atoms with Crippen molar-refractivity contribution in [3.63, 3.8) is 0 Å². The first kappa shape index (κ1) is 28.5. The largest absolute Gasteiger partial charge is 0.0622 e. The van der Waals surface area contributed by atoms with E-state index in [2.05, 4.69) is 194 Å². The summed E-state index contributed by atoms with van der Waals surface area (Å²) in [6, 6.07) is 71.4. The van der Waals surface area contributed by atoms with Crippen LogP contribution in [0.5, 0.6) is 0 Å². The molecule has 0 fully saturated rings. The van der Waals surface area contributed by atoms with E-state index >= 15 is 0 Å². The Morgan fingerprint density at radius 3 is 1.46 bits per heavy atom. The number of hydrogen-bond acceptors (Lipinski definition) is 0. The van der Waals surface area contributed by atoms with Gasteiger partial charge in [-0.2, -0.15) is 0 Å². The smallest absolute Gasteiger partial charge is 0.00261 e. The normalized spacial score (nSPS) is 11.6. The molecule has 0 unspecified atom stereocenters. The van der Waals surface area contributed by atoms with E-state index in [1.807, 2.05) is 0 Å². The molecule has 0 bridgehead atoms. The third kappa shape index (κ3) is 4.61. The summed E-state index contributed by atoms with van der Waals surface area (Å²) < 4.78 is 0. The minimum atomic E-state index is 1.22. The molecule has 0 saturated carbocycles. The van der Waals surface area contributed by atoms with Crippen LogP contribution in [-0.2, 0) is 0 Å². The predicted molar refractivity (Wildman–Crippen MR) is 216 cm³/mol. The fourth-order valence-electron chi connectivity index (χ4n) is 8.06. The standard InChI is InChI=1S/C50H32/c1-2-13-35(14-3-1)49-44-20-10-11-21-45(44)50(36-25-22-34(23-26-36)38-27-24-33-12-4-5-15-37(33)30-38)48-32-40(28-29-46(48)49)47-31-39-16-6-7-17-41(39)42-18-8-9-19-43(42)47/h1-32H. The highest BCUT2D eigenvalue weighted by Crippen LogP contribution is 2.46. The van der Waals surface area contributed by atoms with E-state index in [1.165, 1.54) is 98.4 Å². The van der Waals surface area contributed by atoms with E-state index in [0.717, 1.165) is 0 Å². The predicted octanol–water partition coefficient (Wildman–Crippen LogP) is 14.1. The zero-order chi connectivity index (χ0) is 33.0. The van der Waals surface area contributed by atoms with E-state index < -0.39 is 0 Å². The summed E-state index contributed by atoms with van der Waals surface area (Å²) in [5.41, 5.74) is 9.94. The van der Waals surface area contributed by atoms with Gasteiger partial charge in [0.25, 0.3) is 0 Å². The quantitative estimate of drug-likeness (QED) is 0.134. The Morgan fingerprint density at radius 2 is 0.700 bits per heavy atom. The second kappa shape index (κ2) is 11.6. The molecule has 0 heterocycles. The van der Waals surface area contributed by atoms with Crippen LogP contribution in [0.2, 0.25) is 0 Å². The molecule has 0 saturated heterocycles. The second-order valence-corrected chi connectivity index (χ2v) is 13.3. The fourth-order valence-corrected chi connectivity index (χ4v) is 8.06. The maximum Gasteiger partial charge on any atom is -0.00261 e. The van der Waals surface area contributed by atoms with Gasteiger partial charge in [-0.1, -0.05) is 176 Å². The highest BCUT2D eigenvalue weighted by Gasteiger charge is 2.18. The molecule has 232 valence electrons. The first-order valence-corrected chi connectivity index (χ1v) is 17.3. The molecule has 0 N–H and O–H groups in total. The van der Waals surface area contributed by atoms with Gasteiger partial charge in [0.2, 0.25) is 0 Å². The maximum atomic E-state index is 2.44. The van der Waals surface area contributed by atoms with E-state index in [0.29, 0.717) is 0 Å². The third-order valence-electron chi connectivity index (χ3n) is 10.4. The molecule has 0 aromatic heterocycles. The number of benzene rings is 10. The van der Waals surface area contributed by atoms with Crippen molar-refractivity contribution >= 4 is 53.9 Å². The minimum absolute atomic E-state index is 1.22. The Morgan fingerprint density at radius 1 is 0.200 bits per heavy atom. The molecule has 10 aromatic carbocycles. The zero-order valence-corrected chi connectivity index (χ0v) is 27.5. The van der Waals surface area contributed by atoms with Crippen molar-refractivity contribution in [2.75, 3.05) is 0 Å². The third-order valence-corrected chi connectivity index (χ3v) is 10.4. The average Bonchev–Trinajstić information content (AvgIpc) is 3.19. The molecule has 10 rings (SSSR count). The number of fused-ring (bicyclic) bond motifs is 6. The summed E-state index contributed by atoms with van der Waals surface area (Å²) in [6.07, 6.45) is 0. The van der Waals surface area contributed by atoms with Crippen molar-refractivity contribution in [2.45, 2.75) is 0 Å². The van der Waals surface area contributed by atoms with Gasteiger partial charge < -0.3 is 0 Å². The van der Waals surface area contributed by atoms with Crippen molar-refractivity contribution < 1.29 is 0 Å². The lowest BCUT2D eigenvalue weighted by Crippen LogP contribution is -1.92. The summed E-state index contributed by atoms with van der Waals surface area (Å²) in [7, 11) is 0. The molecule has 0 amide bonds. The van der Waals surface area contributed by atoms with Crippen molar-refractivity contribution in [3.8, 4) is 44.5 Å². The van der Waals surface area contributed by atoms with Crippen LogP contribution in [0, 0.1) is 0 Å². The van der Waals surface area contributed by atoms with Gasteiger partial charge in [0.05, 0.1) is 0 Å². The molecule has 0 aliphatic heterocycles. The lowest BCUT2D eigenvalue weighted by Gasteiger charge is -2.19. The lowest BCUT2D eigenvalue weighted by molar-refractivity contribution is 1.62. The van der Waals surface area contributed by atoms with Crippen LogP contribution in [0.4, 0.5) is 0 Å². The number of hydrogen-bond donors (Lipinski definition) is 0. The van der Waals surface area contributed by atoms with Gasteiger partial charge in [-0.15, -0.1) is 0 Å². The molecule has 10 aromatic rings. The van der Waals surface area contributed by atoms with Crippen LogP contribution in [0.15, 0.2) is 194 Å². The monoisotopic (exact) mass is 632 g/mol. The van der Waals surface area contributed by atoms with E-state index in [-0.39, 0.29) is 0 Å². The molecule has 0 radical (unpaired) electrons. The Labute approximate surface area is 291 Å². The Balaban J connectivity index is 1.25. The molecule has 0 atom stereocenters. The van der Waals surface area contributed by atoms with Crippen LogP contribution in [0.1, 0.15) is 0 Å². The molecule has 0 spiro atoms. The second-order valence-electron chi connectivity index (χ2n) is 13.3. The SMILES string of the molecule is c1ccc(-c2c3ccccc3c(-c3ccc(-c4ccc5ccccc5c4)cc3)c3cc(-c4cc5ccccc5c5ccccc45)ccc23)cc1. The van der Waals surface area contributed by atoms with Crippen molar-refractivity contribution in [3.05, 3.63) is 194 Å².